The Kier molecular flexibility index (Phi) is 6.36. The van der Waals surface area contributed by atoms with Gasteiger partial charge >= 0.3 is 5.97 Å². The number of nitrogens with one attached hydrogen (secondary N) is 1. The van der Waals surface area contributed by atoms with Gasteiger partial charge in [0.2, 0.25) is 0 Å². The second-order valence-electron chi connectivity index (χ2n) is 6.46. The molecule has 1 N–H and O–H groups in total. The maximum absolute atomic E-state index is 13.0. The second kappa shape index (κ2) is 9.30. The van der Waals surface area contributed by atoms with E-state index in [1.807, 2.05) is 25.1 Å². The molecule has 0 bridgehead atoms. The van der Waals surface area contributed by atoms with E-state index in [0.717, 1.165) is 5.56 Å². The molecule has 0 heterocycles. The van der Waals surface area contributed by atoms with Gasteiger partial charge in [-0.25, -0.2) is 9.18 Å². The van der Waals surface area contributed by atoms with Gasteiger partial charge in [-0.1, -0.05) is 29.8 Å². The Morgan fingerprint density at radius 2 is 1.60 bits per heavy atom. The van der Waals surface area contributed by atoms with E-state index in [1.165, 1.54) is 30.3 Å². The molecule has 0 spiro atoms. The van der Waals surface area contributed by atoms with Crippen LogP contribution >= 0.6 is 0 Å². The number of anilines is 1. The molecule has 3 aromatic rings. The summed E-state index contributed by atoms with van der Waals surface area (Å²) in [5.74, 6) is -1.17. The summed E-state index contributed by atoms with van der Waals surface area (Å²) in [6.07, 6.45) is 1.41. The number of aryl methyl sites for hydroxylation is 1. The number of hydrogen-bond acceptors (Lipinski definition) is 4. The molecule has 0 saturated carbocycles. The van der Waals surface area contributed by atoms with Crippen LogP contribution in [0.25, 0.3) is 6.08 Å². The monoisotopic (exact) mass is 400 g/mol. The van der Waals surface area contributed by atoms with E-state index >= 15 is 0 Å². The Hall–Kier alpha value is -4.24. The first kappa shape index (κ1) is 20.5. The normalized spacial score (nSPS) is 10.8. The van der Waals surface area contributed by atoms with Crippen molar-refractivity contribution < 1.29 is 18.7 Å². The van der Waals surface area contributed by atoms with Crippen LogP contribution < -0.4 is 10.1 Å². The molecule has 3 rings (SSSR count). The maximum Gasteiger partial charge on any atom is 0.343 e. The van der Waals surface area contributed by atoms with Gasteiger partial charge in [-0.05, 0) is 67.1 Å². The van der Waals surface area contributed by atoms with Crippen LogP contribution in [-0.2, 0) is 4.79 Å². The highest BCUT2D eigenvalue weighted by atomic mass is 19.1. The molecule has 148 valence electrons. The molecule has 0 saturated heterocycles. The van der Waals surface area contributed by atoms with Crippen LogP contribution in [0.1, 0.15) is 21.5 Å². The van der Waals surface area contributed by atoms with Crippen molar-refractivity contribution in [3.63, 3.8) is 0 Å². The number of esters is 1. The van der Waals surface area contributed by atoms with Gasteiger partial charge in [-0.2, -0.15) is 5.26 Å². The largest absolute Gasteiger partial charge is 0.423 e. The van der Waals surface area contributed by atoms with E-state index in [1.54, 1.807) is 36.4 Å². The Bertz CT molecular complexity index is 1130. The highest BCUT2D eigenvalue weighted by molar-refractivity contribution is 6.09. The number of halogens is 1. The molecule has 0 aliphatic rings. The number of nitrogens with zero attached hydrogens (tertiary/aromatic N) is 1. The Balaban J connectivity index is 1.67. The summed E-state index contributed by atoms with van der Waals surface area (Å²) >= 11 is 0. The number of hydrogen-bond donors (Lipinski definition) is 1. The van der Waals surface area contributed by atoms with Crippen LogP contribution in [0.5, 0.6) is 5.75 Å². The number of carbonyl (C=O) groups is 2. The van der Waals surface area contributed by atoms with E-state index in [9.17, 15) is 19.2 Å². The zero-order chi connectivity index (χ0) is 21.5. The molecule has 0 atom stereocenters. The second-order valence-corrected chi connectivity index (χ2v) is 6.46. The highest BCUT2D eigenvalue weighted by Crippen LogP contribution is 2.17. The number of rotatable bonds is 5. The molecule has 0 radical (unpaired) electrons. The number of amides is 1. The number of ether oxygens (including phenoxy) is 1. The average molecular weight is 400 g/mol. The Morgan fingerprint density at radius 3 is 2.20 bits per heavy atom. The quantitative estimate of drug-likeness (QED) is 0.286. The van der Waals surface area contributed by atoms with Gasteiger partial charge in [0.15, 0.2) is 0 Å². The van der Waals surface area contributed by atoms with Crippen molar-refractivity contribution in [2.45, 2.75) is 6.92 Å². The standard InChI is InChI=1S/C24H17FN2O3/c1-16-2-6-18(7-3-16)24(29)30-22-12-4-17(5-13-22)14-19(15-26)23(28)27-21-10-8-20(25)9-11-21/h2-14H,1H3,(H,27,28)/b19-14-. The molecule has 0 unspecified atom stereocenters. The summed E-state index contributed by atoms with van der Waals surface area (Å²) in [6.45, 7) is 1.93. The van der Waals surface area contributed by atoms with Crippen LogP contribution in [0.15, 0.2) is 78.4 Å². The zero-order valence-corrected chi connectivity index (χ0v) is 16.1. The lowest BCUT2D eigenvalue weighted by Crippen LogP contribution is -2.13. The van der Waals surface area contributed by atoms with E-state index in [0.29, 0.717) is 22.6 Å². The van der Waals surface area contributed by atoms with Crippen molar-refractivity contribution in [1.29, 1.82) is 5.26 Å². The predicted octanol–water partition coefficient (Wildman–Crippen LogP) is 4.90. The first-order chi connectivity index (χ1) is 14.4. The summed E-state index contributed by atoms with van der Waals surface area (Å²) < 4.78 is 18.3. The third-order valence-corrected chi connectivity index (χ3v) is 4.16. The van der Waals surface area contributed by atoms with E-state index < -0.39 is 17.7 Å². The summed E-state index contributed by atoms with van der Waals surface area (Å²) in [5, 5.41) is 11.8. The highest BCUT2D eigenvalue weighted by Gasteiger charge is 2.11. The van der Waals surface area contributed by atoms with Crippen molar-refractivity contribution >= 4 is 23.6 Å². The lowest BCUT2D eigenvalue weighted by atomic mass is 10.1. The first-order valence-corrected chi connectivity index (χ1v) is 9.02. The van der Waals surface area contributed by atoms with Gasteiger partial charge in [-0.3, -0.25) is 4.79 Å². The minimum atomic E-state index is -0.612. The molecule has 6 heteroatoms. The molecule has 5 nitrogen and oxygen atoms in total. The Labute approximate surface area is 173 Å². The fourth-order valence-electron chi connectivity index (χ4n) is 2.53. The molecule has 0 aromatic heterocycles. The van der Waals surface area contributed by atoms with Crippen LogP contribution in [0.3, 0.4) is 0 Å². The number of benzene rings is 3. The number of nitriles is 1. The lowest BCUT2D eigenvalue weighted by molar-refractivity contribution is -0.112. The van der Waals surface area contributed by atoms with Crippen molar-refractivity contribution in [2.75, 3.05) is 5.32 Å². The third kappa shape index (κ3) is 5.40. The summed E-state index contributed by atoms with van der Waals surface area (Å²) in [5.41, 5.74) is 2.31. The summed E-state index contributed by atoms with van der Waals surface area (Å²) in [4.78, 5) is 24.4. The third-order valence-electron chi connectivity index (χ3n) is 4.16. The van der Waals surface area contributed by atoms with Gasteiger partial charge in [0.25, 0.3) is 5.91 Å². The van der Waals surface area contributed by atoms with Crippen LogP contribution in [0, 0.1) is 24.1 Å². The molecule has 30 heavy (non-hydrogen) atoms. The average Bonchev–Trinajstić information content (AvgIpc) is 2.75. The van der Waals surface area contributed by atoms with Gasteiger partial charge < -0.3 is 10.1 Å². The fraction of sp³-hybridized carbons (Fsp3) is 0.0417. The maximum atomic E-state index is 13.0. The van der Waals surface area contributed by atoms with Crippen molar-refractivity contribution in [3.05, 3.63) is 101 Å². The van der Waals surface area contributed by atoms with Crippen molar-refractivity contribution in [1.82, 2.24) is 0 Å². The Morgan fingerprint density at radius 1 is 0.967 bits per heavy atom. The van der Waals surface area contributed by atoms with Gasteiger partial charge in [0.05, 0.1) is 5.56 Å². The van der Waals surface area contributed by atoms with E-state index in [-0.39, 0.29) is 5.57 Å². The van der Waals surface area contributed by atoms with Gasteiger partial charge in [-0.15, -0.1) is 0 Å². The zero-order valence-electron chi connectivity index (χ0n) is 16.1. The minimum absolute atomic E-state index is 0.122. The first-order valence-electron chi connectivity index (χ1n) is 9.02. The lowest BCUT2D eigenvalue weighted by Gasteiger charge is -2.06. The minimum Gasteiger partial charge on any atom is -0.423 e. The molecular weight excluding hydrogens is 383 g/mol. The molecule has 0 aliphatic carbocycles. The topological polar surface area (TPSA) is 79.2 Å². The van der Waals surface area contributed by atoms with Crippen LogP contribution in [0.4, 0.5) is 10.1 Å². The molecule has 1 amide bonds. The summed E-state index contributed by atoms with van der Waals surface area (Å²) in [7, 11) is 0. The SMILES string of the molecule is Cc1ccc(C(=O)Oc2ccc(/C=C(/C#N)C(=O)Nc3ccc(F)cc3)cc2)cc1. The predicted molar refractivity (Wildman–Crippen MR) is 111 cm³/mol. The number of carbonyl (C=O) groups excluding carboxylic acids is 2. The van der Waals surface area contributed by atoms with Crippen molar-refractivity contribution in [2.24, 2.45) is 0 Å². The summed E-state index contributed by atoms with van der Waals surface area (Å²) in [6, 6.07) is 20.5. The molecule has 0 fully saturated rings. The van der Waals surface area contributed by atoms with Gasteiger partial charge in [0.1, 0.15) is 23.2 Å². The fourth-order valence-corrected chi connectivity index (χ4v) is 2.53. The van der Waals surface area contributed by atoms with E-state index in [4.69, 9.17) is 4.74 Å². The smallest absolute Gasteiger partial charge is 0.343 e. The van der Waals surface area contributed by atoms with Crippen LogP contribution in [0.2, 0.25) is 0 Å². The van der Waals surface area contributed by atoms with Gasteiger partial charge in [0, 0.05) is 5.69 Å². The van der Waals surface area contributed by atoms with Crippen LogP contribution in [-0.4, -0.2) is 11.9 Å². The molecule has 0 aliphatic heterocycles. The molecular formula is C24H17FN2O3. The molecule has 3 aromatic carbocycles. The van der Waals surface area contributed by atoms with Crippen molar-refractivity contribution in [3.8, 4) is 11.8 Å². The van der Waals surface area contributed by atoms with E-state index in [2.05, 4.69) is 5.32 Å².